The first-order valence-corrected chi connectivity index (χ1v) is 26.0. The third-order valence-electron chi connectivity index (χ3n) is 12.9. The van der Waals surface area contributed by atoms with Crippen molar-refractivity contribution in [3.63, 3.8) is 0 Å². The molecule has 16 nitrogen and oxygen atoms in total. The van der Waals surface area contributed by atoms with Gasteiger partial charge in [0.1, 0.15) is 11.2 Å². The lowest BCUT2D eigenvalue weighted by molar-refractivity contribution is -0.384. The molecule has 0 bridgehead atoms. The fraction of sp³-hybridized carbons (Fsp3) is 0.371. The topological polar surface area (TPSA) is 202 Å². The zero-order valence-electron chi connectivity index (χ0n) is 47.1. The van der Waals surface area contributed by atoms with Crippen molar-refractivity contribution in [2.75, 3.05) is 40.5 Å². The Labute approximate surface area is 458 Å². The minimum Gasteiger partial charge on any atom is -0.466 e. The quantitative estimate of drug-likeness (QED) is 0.0295. The summed E-state index contributed by atoms with van der Waals surface area (Å²) in [4.78, 5) is 78.4. The number of nitrogens with one attached hydrogen (secondary N) is 2. The third kappa shape index (κ3) is 16.0. The van der Waals surface area contributed by atoms with Crippen molar-refractivity contribution in [2.45, 2.75) is 112 Å². The average molecular weight is 1070 g/mol. The summed E-state index contributed by atoms with van der Waals surface area (Å²) in [6, 6.07) is 34.1. The zero-order chi connectivity index (χ0) is 57.5. The highest BCUT2D eigenvalue weighted by atomic mass is 16.6. The van der Waals surface area contributed by atoms with E-state index in [9.17, 15) is 34.1 Å². The van der Waals surface area contributed by atoms with Crippen molar-refractivity contribution < 1.29 is 52.6 Å². The molecule has 2 aliphatic rings. The molecular formula is C62H74N4O12. The van der Waals surface area contributed by atoms with Crippen molar-refractivity contribution >= 4 is 41.6 Å². The van der Waals surface area contributed by atoms with Gasteiger partial charge < -0.3 is 39.2 Å². The van der Waals surface area contributed by atoms with Gasteiger partial charge in [-0.3, -0.25) is 10.1 Å². The average Bonchev–Trinajstić information content (AvgIpc) is 3.41. The molecule has 0 fully saturated rings. The first kappa shape index (κ1) is 60.8. The molecule has 4 aromatic rings. The van der Waals surface area contributed by atoms with Crippen LogP contribution < -0.4 is 10.6 Å². The minimum absolute atomic E-state index is 0.149. The molecule has 414 valence electrons. The van der Waals surface area contributed by atoms with Crippen LogP contribution in [0.15, 0.2) is 160 Å². The molecule has 0 radical (unpaired) electrons. The summed E-state index contributed by atoms with van der Waals surface area (Å²) in [5, 5.41) is 17.8. The second kappa shape index (κ2) is 27.3. The number of likely N-dealkylation sites (N-methyl/N-ethyl adjacent to an activating group) is 1. The predicted octanol–water partition coefficient (Wildman–Crippen LogP) is 10.9. The number of esters is 5. The largest absolute Gasteiger partial charge is 0.466 e. The van der Waals surface area contributed by atoms with Crippen LogP contribution in [0.1, 0.15) is 128 Å². The van der Waals surface area contributed by atoms with Crippen LogP contribution in [0, 0.1) is 10.1 Å². The van der Waals surface area contributed by atoms with Crippen LogP contribution in [0.2, 0.25) is 0 Å². The number of allylic oxidation sites excluding steroid dienone is 4. The van der Waals surface area contributed by atoms with E-state index in [2.05, 4.69) is 64.1 Å². The number of carbonyl (C=O) groups is 5. The lowest BCUT2D eigenvalue weighted by Crippen LogP contribution is -2.42. The number of ether oxygens (including phenoxy) is 5. The maximum atomic E-state index is 14.0. The number of dihydropyridines is 2. The summed E-state index contributed by atoms with van der Waals surface area (Å²) < 4.78 is 27.2. The number of nitro benzene ring substituents is 1. The highest BCUT2D eigenvalue weighted by Crippen LogP contribution is 2.43. The van der Waals surface area contributed by atoms with Crippen molar-refractivity contribution in [1.29, 1.82) is 0 Å². The number of nitrogens with zero attached hydrogens (tertiary/aromatic N) is 2. The number of hydrogen-bond donors (Lipinski definition) is 2. The van der Waals surface area contributed by atoms with E-state index < -0.39 is 57.8 Å². The number of carbonyl (C=O) groups excluding carboxylic acids is 5. The molecule has 2 aliphatic heterocycles. The molecule has 0 spiro atoms. The van der Waals surface area contributed by atoms with Gasteiger partial charge in [-0.15, -0.1) is 0 Å². The van der Waals surface area contributed by atoms with Crippen LogP contribution in [0.3, 0.4) is 0 Å². The van der Waals surface area contributed by atoms with Crippen LogP contribution in [0.25, 0.3) is 6.08 Å². The number of non-ortho nitro benzene ring substituents is 1. The van der Waals surface area contributed by atoms with Gasteiger partial charge in [0.05, 0.1) is 59.4 Å². The summed E-state index contributed by atoms with van der Waals surface area (Å²) in [5.74, 6) is -4.22. The number of methoxy groups -OCH3 is 1. The van der Waals surface area contributed by atoms with E-state index in [1.54, 1.807) is 74.5 Å². The Balaban J connectivity index is 0.000000302. The third-order valence-corrected chi connectivity index (χ3v) is 12.9. The Hall–Kier alpha value is -8.11. The van der Waals surface area contributed by atoms with Crippen LogP contribution in [-0.2, 0) is 47.7 Å². The molecular weight excluding hydrogens is 993 g/mol. The normalized spacial score (nSPS) is 15.1. The van der Waals surface area contributed by atoms with E-state index in [1.807, 2.05) is 57.3 Å². The van der Waals surface area contributed by atoms with E-state index >= 15 is 0 Å². The molecule has 0 aliphatic carbocycles. The molecule has 0 saturated heterocycles. The predicted molar refractivity (Wildman–Crippen MR) is 299 cm³/mol. The molecule has 1 unspecified atom stereocenters. The zero-order valence-corrected chi connectivity index (χ0v) is 47.1. The maximum absolute atomic E-state index is 14.0. The molecule has 2 N–H and O–H groups in total. The molecule has 4 aromatic carbocycles. The molecule has 78 heavy (non-hydrogen) atoms. The standard InChI is InChI=1S/C36H41N3O6.C26H33NO6/c1-24-31(34(40)44-6)33(28-18-13-19-29(22-28)39(42)43)32(25(2)37-24)35(41)45-36(3,4)23-38(5)21-20-30(26-14-9-7-10-15-26)27-16-11-8-12-17-27;1-8-31-24(29)21-16(3)27-17(4)22(25(30)32-9-2)23(21)19-13-11-10-12-18(19)14-15-20(28)33-26(5,6)7/h7-19,22,30,33,37H,20-21,23H2,1-6H3;10-15,23,27H,8-9H2,1-7H3/b;15-14+. The maximum Gasteiger partial charge on any atom is 0.337 e. The van der Waals surface area contributed by atoms with E-state index in [0.717, 1.165) is 13.0 Å². The molecule has 0 aromatic heterocycles. The second-order valence-electron chi connectivity index (χ2n) is 20.6. The van der Waals surface area contributed by atoms with Gasteiger partial charge in [0.25, 0.3) is 5.69 Å². The molecule has 0 saturated carbocycles. The Bertz CT molecular complexity index is 2920. The number of benzene rings is 4. The highest BCUT2D eigenvalue weighted by molar-refractivity contribution is 6.01. The first-order valence-electron chi connectivity index (χ1n) is 26.0. The van der Waals surface area contributed by atoms with Crippen molar-refractivity contribution in [1.82, 2.24) is 15.5 Å². The number of hydrogen-bond acceptors (Lipinski definition) is 15. The van der Waals surface area contributed by atoms with Gasteiger partial charge in [-0.2, -0.15) is 0 Å². The van der Waals surface area contributed by atoms with Gasteiger partial charge in [0.15, 0.2) is 0 Å². The molecule has 0 amide bonds. The van der Waals surface area contributed by atoms with Gasteiger partial charge in [0.2, 0.25) is 0 Å². The summed E-state index contributed by atoms with van der Waals surface area (Å²) in [5.41, 5.74) is 5.79. The van der Waals surface area contributed by atoms with Crippen molar-refractivity contribution in [3.05, 3.63) is 198 Å². The van der Waals surface area contributed by atoms with Crippen molar-refractivity contribution in [2.24, 2.45) is 0 Å². The second-order valence-corrected chi connectivity index (χ2v) is 20.6. The van der Waals surface area contributed by atoms with Gasteiger partial charge in [-0.05, 0) is 130 Å². The van der Waals surface area contributed by atoms with Crippen LogP contribution in [-0.4, -0.2) is 91.3 Å². The molecule has 6 rings (SSSR count). The van der Waals surface area contributed by atoms with E-state index in [-0.39, 0.29) is 36.0 Å². The smallest absolute Gasteiger partial charge is 0.337 e. The lowest BCUT2D eigenvalue weighted by Gasteiger charge is -2.34. The van der Waals surface area contributed by atoms with Gasteiger partial charge in [-0.25, -0.2) is 24.0 Å². The molecule has 16 heteroatoms. The Kier molecular flexibility index (Phi) is 21.2. The Morgan fingerprint density at radius 2 is 1.14 bits per heavy atom. The number of nitro groups is 1. The minimum atomic E-state index is -0.919. The van der Waals surface area contributed by atoms with Crippen LogP contribution in [0.5, 0.6) is 0 Å². The fourth-order valence-electron chi connectivity index (χ4n) is 9.79. The highest BCUT2D eigenvalue weighted by Gasteiger charge is 2.41. The molecule has 1 atom stereocenters. The van der Waals surface area contributed by atoms with Crippen molar-refractivity contribution in [3.8, 4) is 0 Å². The lowest BCUT2D eigenvalue weighted by atomic mass is 9.78. The van der Waals surface area contributed by atoms with E-state index in [1.165, 1.54) is 42.5 Å². The number of rotatable bonds is 19. The molecule has 2 heterocycles. The van der Waals surface area contributed by atoms with E-state index in [4.69, 9.17) is 23.7 Å². The van der Waals surface area contributed by atoms with Gasteiger partial charge in [-0.1, -0.05) is 97.1 Å². The summed E-state index contributed by atoms with van der Waals surface area (Å²) >= 11 is 0. The van der Waals surface area contributed by atoms with Gasteiger partial charge in [0, 0.05) is 53.5 Å². The fourth-order valence-corrected chi connectivity index (χ4v) is 9.79. The Morgan fingerprint density at radius 1 is 0.654 bits per heavy atom. The summed E-state index contributed by atoms with van der Waals surface area (Å²) in [6.07, 6.45) is 3.83. The summed E-state index contributed by atoms with van der Waals surface area (Å²) in [6.45, 7) is 21.1. The van der Waals surface area contributed by atoms with Gasteiger partial charge >= 0.3 is 29.8 Å². The van der Waals surface area contributed by atoms with Crippen LogP contribution in [0.4, 0.5) is 5.69 Å². The SMILES string of the molecule is CCOC(=O)C1=C(C)NC(C)=C(C(=O)OCC)C1c1ccccc1/C=C/C(=O)OC(C)(C)C.COC(=O)C1=C(C)NC(C)=C(C(=O)OC(C)(C)CN(C)CCC(c2ccccc2)c2ccccc2)C1c1cccc([N+](=O)[O-])c1. The monoisotopic (exact) mass is 1070 g/mol. The Morgan fingerprint density at radius 3 is 1.63 bits per heavy atom. The summed E-state index contributed by atoms with van der Waals surface area (Å²) in [7, 11) is 3.26. The van der Waals surface area contributed by atoms with Crippen LogP contribution >= 0.6 is 0 Å². The van der Waals surface area contributed by atoms with E-state index in [0.29, 0.717) is 57.2 Å². The first-order chi connectivity index (χ1) is 36.9.